The van der Waals surface area contributed by atoms with E-state index in [0.717, 1.165) is 26.1 Å². The number of hydrogen-bond acceptors (Lipinski definition) is 2. The fraction of sp³-hybridized carbons (Fsp3) is 0.875. The largest absolute Gasteiger partial charge is 0.320 e. The van der Waals surface area contributed by atoms with Crippen LogP contribution in [0.1, 0.15) is 13.3 Å². The number of nitrogens with one attached hydrogen (secondary N) is 1. The van der Waals surface area contributed by atoms with Gasteiger partial charge in [-0.25, -0.2) is 4.58 Å². The maximum absolute atomic E-state index is 4.12. The number of hydrogen-bond donors (Lipinski definition) is 1. The molecule has 0 amide bonds. The summed E-state index contributed by atoms with van der Waals surface area (Å²) in [6.07, 6.45) is 1.08. The molecule has 0 aliphatic heterocycles. The summed E-state index contributed by atoms with van der Waals surface area (Å²) in [5, 5.41) is 3.07. The predicted octanol–water partition coefficient (Wildman–Crippen LogP) is 0.854. The zero-order valence-electron chi connectivity index (χ0n) is 8.13. The average molecular weight is 193 g/mol. The third-order valence-electron chi connectivity index (χ3n) is 1.41. The van der Waals surface area contributed by atoms with Crippen molar-refractivity contribution in [1.29, 1.82) is 0 Å². The van der Waals surface area contributed by atoms with Gasteiger partial charge in [0, 0.05) is 6.42 Å². The molecule has 0 saturated heterocycles. The van der Waals surface area contributed by atoms with Crippen molar-refractivity contribution in [3.8, 4) is 0 Å². The van der Waals surface area contributed by atoms with Gasteiger partial charge in [-0.2, -0.15) is 0 Å². The van der Waals surface area contributed by atoms with Crippen LogP contribution in [0.25, 0.3) is 0 Å². The van der Waals surface area contributed by atoms with Crippen LogP contribution in [-0.4, -0.2) is 44.3 Å². The topological polar surface area (TPSA) is 27.4 Å². The number of halogens is 1. The standard InChI is InChI=1S/C8H18N3.ClH/c1-4-11(3)8-10-7-5-6-9-2;/h9H,4-7H2,1-3H3;1H/q+1;. The van der Waals surface area contributed by atoms with Gasteiger partial charge in [-0.3, -0.25) is 0 Å². The molecule has 0 aromatic carbocycles. The lowest BCUT2D eigenvalue weighted by atomic mass is 10.4. The molecule has 72 valence electrons. The maximum atomic E-state index is 4.12. The Labute approximate surface area is 81.0 Å². The fourth-order valence-corrected chi connectivity index (χ4v) is 0.576. The Morgan fingerprint density at radius 3 is 2.67 bits per heavy atom. The summed E-state index contributed by atoms with van der Waals surface area (Å²) in [6.45, 7) is 4.94. The first kappa shape index (κ1) is 14.2. The molecule has 0 aromatic rings. The summed E-state index contributed by atoms with van der Waals surface area (Å²) >= 11 is 0. The quantitative estimate of drug-likeness (QED) is 0.391. The van der Waals surface area contributed by atoms with Gasteiger partial charge in [-0.1, -0.05) is 0 Å². The van der Waals surface area contributed by atoms with Crippen LogP contribution in [0.3, 0.4) is 0 Å². The lowest BCUT2D eigenvalue weighted by Gasteiger charge is -1.88. The van der Waals surface area contributed by atoms with Gasteiger partial charge in [0.1, 0.15) is 6.54 Å². The molecule has 12 heavy (non-hydrogen) atoms. The van der Waals surface area contributed by atoms with Crippen LogP contribution in [0.4, 0.5) is 0 Å². The monoisotopic (exact) mass is 192 g/mol. The fourth-order valence-electron chi connectivity index (χ4n) is 0.576. The van der Waals surface area contributed by atoms with Crippen molar-refractivity contribution in [2.45, 2.75) is 13.3 Å². The first-order valence-electron chi connectivity index (χ1n) is 4.09. The molecular weight excluding hydrogens is 174 g/mol. The lowest BCUT2D eigenvalue weighted by Crippen LogP contribution is -2.08. The minimum atomic E-state index is 0. The molecule has 0 bridgehead atoms. The number of nitrogens with zero attached hydrogens (tertiary/aromatic N) is 2. The highest BCUT2D eigenvalue weighted by Gasteiger charge is 1.86. The minimum Gasteiger partial charge on any atom is -0.320 e. The lowest BCUT2D eigenvalue weighted by molar-refractivity contribution is -0.486. The van der Waals surface area contributed by atoms with E-state index in [1.807, 2.05) is 18.7 Å². The smallest absolute Gasteiger partial charge is 0.306 e. The third-order valence-corrected chi connectivity index (χ3v) is 1.41. The Balaban J connectivity index is 0. The Morgan fingerprint density at radius 1 is 1.50 bits per heavy atom. The van der Waals surface area contributed by atoms with Gasteiger partial charge in [-0.15, -0.1) is 12.4 Å². The van der Waals surface area contributed by atoms with Crippen LogP contribution in [-0.2, 0) is 0 Å². The van der Waals surface area contributed by atoms with E-state index in [1.54, 1.807) is 0 Å². The van der Waals surface area contributed by atoms with Crippen molar-refractivity contribution in [2.24, 2.45) is 4.99 Å². The van der Waals surface area contributed by atoms with Gasteiger partial charge in [0.05, 0.1) is 13.6 Å². The van der Waals surface area contributed by atoms with Gasteiger partial charge >= 0.3 is 6.01 Å². The van der Waals surface area contributed by atoms with Gasteiger partial charge in [-0.05, 0) is 25.5 Å². The van der Waals surface area contributed by atoms with Crippen LogP contribution in [0.15, 0.2) is 4.99 Å². The van der Waals surface area contributed by atoms with Gasteiger partial charge in [0.2, 0.25) is 0 Å². The van der Waals surface area contributed by atoms with E-state index >= 15 is 0 Å². The summed E-state index contributed by atoms with van der Waals surface area (Å²) in [6, 6.07) is 2.92. The van der Waals surface area contributed by atoms with E-state index < -0.39 is 0 Å². The molecule has 0 rings (SSSR count). The van der Waals surface area contributed by atoms with Crippen molar-refractivity contribution in [3.05, 3.63) is 0 Å². The van der Waals surface area contributed by atoms with Crippen LogP contribution in [0.5, 0.6) is 0 Å². The summed E-state index contributed by atoms with van der Waals surface area (Å²) in [7, 11) is 3.92. The molecule has 0 atom stereocenters. The van der Waals surface area contributed by atoms with Crippen LogP contribution >= 0.6 is 12.4 Å². The molecule has 0 spiro atoms. The highest BCUT2D eigenvalue weighted by molar-refractivity contribution is 5.85. The van der Waals surface area contributed by atoms with E-state index in [-0.39, 0.29) is 12.4 Å². The van der Waals surface area contributed by atoms with E-state index in [4.69, 9.17) is 0 Å². The number of aliphatic imine (C=N–C) groups is 1. The molecule has 0 heterocycles. The molecule has 1 N–H and O–H groups in total. The van der Waals surface area contributed by atoms with Crippen molar-refractivity contribution in [2.75, 3.05) is 33.7 Å². The molecule has 4 heteroatoms. The Hall–Kier alpha value is -0.370. The average Bonchev–Trinajstić information content (AvgIpc) is 2.04. The van der Waals surface area contributed by atoms with Crippen molar-refractivity contribution >= 4 is 18.4 Å². The molecule has 0 unspecified atom stereocenters. The van der Waals surface area contributed by atoms with Crippen LogP contribution in [0, 0.1) is 0 Å². The SMILES string of the molecule is CC[N+](C)=C=NCCCNC.Cl. The van der Waals surface area contributed by atoms with Crippen LogP contribution in [0.2, 0.25) is 0 Å². The summed E-state index contributed by atoms with van der Waals surface area (Å²) in [5.74, 6) is 0. The zero-order chi connectivity index (χ0) is 8.53. The predicted molar refractivity (Wildman–Crippen MR) is 54.8 cm³/mol. The highest BCUT2D eigenvalue weighted by atomic mass is 35.5. The first-order chi connectivity index (χ1) is 5.31. The molecule has 0 aromatic heterocycles. The molecule has 3 nitrogen and oxygen atoms in total. The second-order valence-electron chi connectivity index (χ2n) is 2.45. The van der Waals surface area contributed by atoms with Crippen molar-refractivity contribution < 1.29 is 4.58 Å². The van der Waals surface area contributed by atoms with Gasteiger partial charge in [0.15, 0.2) is 0 Å². The Morgan fingerprint density at radius 2 is 2.17 bits per heavy atom. The molecule has 0 radical (unpaired) electrons. The Bertz CT molecular complexity index is 150. The minimum absolute atomic E-state index is 0. The van der Waals surface area contributed by atoms with Crippen LogP contribution < -0.4 is 5.32 Å². The third kappa shape index (κ3) is 9.63. The van der Waals surface area contributed by atoms with Crippen molar-refractivity contribution in [1.82, 2.24) is 5.32 Å². The van der Waals surface area contributed by atoms with E-state index in [0.29, 0.717) is 0 Å². The second-order valence-corrected chi connectivity index (χ2v) is 2.45. The summed E-state index contributed by atoms with van der Waals surface area (Å²) < 4.78 is 1.94. The molecule has 0 saturated carbocycles. The van der Waals surface area contributed by atoms with Gasteiger partial charge in [0.25, 0.3) is 0 Å². The van der Waals surface area contributed by atoms with E-state index in [2.05, 4.69) is 23.2 Å². The molecule has 0 aliphatic carbocycles. The van der Waals surface area contributed by atoms with Crippen molar-refractivity contribution in [3.63, 3.8) is 0 Å². The molecule has 0 aliphatic rings. The highest BCUT2D eigenvalue weighted by Crippen LogP contribution is 1.75. The zero-order valence-corrected chi connectivity index (χ0v) is 8.95. The number of rotatable bonds is 5. The van der Waals surface area contributed by atoms with Gasteiger partial charge < -0.3 is 5.32 Å². The first-order valence-corrected chi connectivity index (χ1v) is 4.09. The normalized spacial score (nSPS) is 8.25. The van der Waals surface area contributed by atoms with E-state index in [9.17, 15) is 0 Å². The second kappa shape index (κ2) is 10.6. The Kier molecular flexibility index (Phi) is 12.6. The molecule has 0 fully saturated rings. The summed E-state index contributed by atoms with van der Waals surface area (Å²) in [4.78, 5) is 4.12. The molecular formula is C8H19ClN3+. The maximum Gasteiger partial charge on any atom is 0.306 e. The summed E-state index contributed by atoms with van der Waals surface area (Å²) in [5.41, 5.74) is 0. The van der Waals surface area contributed by atoms with E-state index in [1.165, 1.54) is 0 Å².